The van der Waals surface area contributed by atoms with E-state index in [1.165, 1.54) is 0 Å². The first-order valence-electron chi connectivity index (χ1n) is 6.68. The van der Waals surface area contributed by atoms with Gasteiger partial charge >= 0.3 is 0 Å². The van der Waals surface area contributed by atoms with Crippen molar-refractivity contribution in [3.8, 4) is 10.8 Å². The standard InChI is InChI=1S/C13H17BrN4OS/c1-8(15)9-4-5-18(6-9)7-12-16-17-13(19-12)10-2-3-11(14)20-10/h2-3,8-9H,4-7,15H2,1H3. The third-order valence-corrected chi connectivity index (χ3v) is 5.27. The van der Waals surface area contributed by atoms with Crippen LogP contribution in [0.15, 0.2) is 20.3 Å². The highest BCUT2D eigenvalue weighted by molar-refractivity contribution is 9.11. The van der Waals surface area contributed by atoms with Gasteiger partial charge in [0.2, 0.25) is 5.89 Å². The van der Waals surface area contributed by atoms with Crippen molar-refractivity contribution in [1.29, 1.82) is 0 Å². The summed E-state index contributed by atoms with van der Waals surface area (Å²) >= 11 is 5.03. The topological polar surface area (TPSA) is 68.2 Å². The van der Waals surface area contributed by atoms with Crippen molar-refractivity contribution in [2.24, 2.45) is 11.7 Å². The van der Waals surface area contributed by atoms with Crippen LogP contribution < -0.4 is 5.73 Å². The SMILES string of the molecule is CC(N)C1CCN(Cc2nnc(-c3ccc(Br)s3)o2)C1. The molecule has 2 N–H and O–H groups in total. The van der Waals surface area contributed by atoms with Crippen LogP contribution >= 0.6 is 27.3 Å². The van der Waals surface area contributed by atoms with Crippen LogP contribution in [0, 0.1) is 5.92 Å². The molecule has 7 heteroatoms. The first kappa shape index (κ1) is 14.2. The Balaban J connectivity index is 1.63. The number of hydrogen-bond acceptors (Lipinski definition) is 6. The van der Waals surface area contributed by atoms with Gasteiger partial charge in [0.15, 0.2) is 0 Å². The Morgan fingerprint density at radius 2 is 2.40 bits per heavy atom. The van der Waals surface area contributed by atoms with Crippen molar-refractivity contribution in [2.75, 3.05) is 13.1 Å². The van der Waals surface area contributed by atoms with Gasteiger partial charge in [-0.05, 0) is 53.9 Å². The van der Waals surface area contributed by atoms with Crippen molar-refractivity contribution in [2.45, 2.75) is 25.9 Å². The van der Waals surface area contributed by atoms with Crippen LogP contribution in [-0.4, -0.2) is 34.2 Å². The molecule has 0 saturated carbocycles. The van der Waals surface area contributed by atoms with Gasteiger partial charge in [-0.25, -0.2) is 0 Å². The smallest absolute Gasteiger partial charge is 0.257 e. The van der Waals surface area contributed by atoms with Crippen LogP contribution in [0.3, 0.4) is 0 Å². The Labute approximate surface area is 130 Å². The normalized spacial score (nSPS) is 21.4. The van der Waals surface area contributed by atoms with E-state index in [0.29, 0.717) is 24.2 Å². The molecule has 5 nitrogen and oxygen atoms in total. The summed E-state index contributed by atoms with van der Waals surface area (Å²) in [6, 6.07) is 4.22. The average Bonchev–Trinajstić information content (AvgIpc) is 3.09. The number of likely N-dealkylation sites (tertiary alicyclic amines) is 1. The Kier molecular flexibility index (Phi) is 4.21. The van der Waals surface area contributed by atoms with E-state index in [1.54, 1.807) is 11.3 Å². The molecule has 0 aromatic carbocycles. The minimum Gasteiger partial charge on any atom is -0.419 e. The maximum absolute atomic E-state index is 5.95. The monoisotopic (exact) mass is 356 g/mol. The fourth-order valence-electron chi connectivity index (χ4n) is 2.47. The van der Waals surface area contributed by atoms with Crippen molar-refractivity contribution >= 4 is 27.3 Å². The molecule has 3 rings (SSSR count). The van der Waals surface area contributed by atoms with E-state index in [0.717, 1.165) is 28.2 Å². The van der Waals surface area contributed by atoms with Crippen molar-refractivity contribution < 1.29 is 4.42 Å². The van der Waals surface area contributed by atoms with Gasteiger partial charge in [-0.3, -0.25) is 4.90 Å². The van der Waals surface area contributed by atoms with Gasteiger partial charge in [0.05, 0.1) is 15.2 Å². The number of thiophene rings is 1. The predicted octanol–water partition coefficient (Wildman–Crippen LogP) is 2.73. The molecule has 20 heavy (non-hydrogen) atoms. The molecule has 2 unspecified atom stereocenters. The molecular weight excluding hydrogens is 340 g/mol. The molecule has 108 valence electrons. The largest absolute Gasteiger partial charge is 0.419 e. The van der Waals surface area contributed by atoms with E-state index in [-0.39, 0.29) is 6.04 Å². The summed E-state index contributed by atoms with van der Waals surface area (Å²) in [5.74, 6) is 1.85. The molecule has 0 bridgehead atoms. The lowest BCUT2D eigenvalue weighted by Gasteiger charge is -2.15. The first-order valence-corrected chi connectivity index (χ1v) is 8.29. The first-order chi connectivity index (χ1) is 9.61. The minimum absolute atomic E-state index is 0.252. The number of halogens is 1. The number of nitrogens with zero attached hydrogens (tertiary/aromatic N) is 3. The second-order valence-corrected chi connectivity index (χ2v) is 7.71. The molecular formula is C13H17BrN4OS. The molecule has 0 radical (unpaired) electrons. The van der Waals surface area contributed by atoms with Crippen LogP contribution in [0.5, 0.6) is 0 Å². The zero-order chi connectivity index (χ0) is 14.1. The zero-order valence-electron chi connectivity index (χ0n) is 11.3. The molecule has 2 aromatic heterocycles. The van der Waals surface area contributed by atoms with Crippen molar-refractivity contribution in [3.05, 3.63) is 21.8 Å². The molecule has 1 saturated heterocycles. The molecule has 0 amide bonds. The van der Waals surface area contributed by atoms with Crippen LogP contribution in [0.1, 0.15) is 19.2 Å². The number of rotatable bonds is 4. The predicted molar refractivity (Wildman–Crippen MR) is 82.3 cm³/mol. The average molecular weight is 357 g/mol. The molecule has 2 aromatic rings. The van der Waals surface area contributed by atoms with Gasteiger partial charge in [0.1, 0.15) is 0 Å². The fourth-order valence-corrected chi connectivity index (χ4v) is 3.78. The molecule has 0 spiro atoms. The van der Waals surface area contributed by atoms with Crippen molar-refractivity contribution in [1.82, 2.24) is 15.1 Å². The maximum Gasteiger partial charge on any atom is 0.257 e. The lowest BCUT2D eigenvalue weighted by atomic mass is 10.0. The van der Waals surface area contributed by atoms with E-state index >= 15 is 0 Å². The summed E-state index contributed by atoms with van der Waals surface area (Å²) in [6.07, 6.45) is 1.15. The Morgan fingerprint density at radius 1 is 1.55 bits per heavy atom. The van der Waals surface area contributed by atoms with Crippen LogP contribution in [0.2, 0.25) is 0 Å². The quantitative estimate of drug-likeness (QED) is 0.911. The van der Waals surface area contributed by atoms with E-state index in [2.05, 4.69) is 38.0 Å². The fraction of sp³-hybridized carbons (Fsp3) is 0.538. The Bertz CT molecular complexity index is 582. The highest BCUT2D eigenvalue weighted by atomic mass is 79.9. The summed E-state index contributed by atoms with van der Waals surface area (Å²) < 4.78 is 6.80. The third-order valence-electron chi connectivity index (χ3n) is 3.66. The van der Waals surface area contributed by atoms with Gasteiger partial charge in [-0.1, -0.05) is 0 Å². The molecule has 1 aliphatic heterocycles. The highest BCUT2D eigenvalue weighted by Crippen LogP contribution is 2.30. The minimum atomic E-state index is 0.252. The summed E-state index contributed by atoms with van der Waals surface area (Å²) in [6.45, 7) is 4.85. The van der Waals surface area contributed by atoms with E-state index in [1.807, 2.05) is 12.1 Å². The second kappa shape index (κ2) is 5.93. The third kappa shape index (κ3) is 3.11. The Morgan fingerprint density at radius 3 is 3.05 bits per heavy atom. The summed E-state index contributed by atoms with van der Waals surface area (Å²) in [5.41, 5.74) is 5.95. The van der Waals surface area contributed by atoms with Crippen molar-refractivity contribution in [3.63, 3.8) is 0 Å². The second-order valence-electron chi connectivity index (χ2n) is 5.25. The van der Waals surface area contributed by atoms with E-state index < -0.39 is 0 Å². The number of nitrogens with two attached hydrogens (primary N) is 1. The van der Waals surface area contributed by atoms with Crippen LogP contribution in [-0.2, 0) is 6.54 Å². The van der Waals surface area contributed by atoms with Gasteiger partial charge in [0.25, 0.3) is 5.89 Å². The van der Waals surface area contributed by atoms with Crippen LogP contribution in [0.25, 0.3) is 10.8 Å². The number of hydrogen-bond donors (Lipinski definition) is 1. The molecule has 1 aliphatic rings. The summed E-state index contributed by atoms with van der Waals surface area (Å²) in [4.78, 5) is 3.32. The van der Waals surface area contributed by atoms with E-state index in [9.17, 15) is 0 Å². The van der Waals surface area contributed by atoms with Gasteiger partial charge in [-0.2, -0.15) is 0 Å². The van der Waals surface area contributed by atoms with Crippen LogP contribution in [0.4, 0.5) is 0 Å². The zero-order valence-corrected chi connectivity index (χ0v) is 13.7. The number of aromatic nitrogens is 2. The molecule has 3 heterocycles. The summed E-state index contributed by atoms with van der Waals surface area (Å²) in [5, 5.41) is 8.25. The van der Waals surface area contributed by atoms with Gasteiger partial charge in [0, 0.05) is 12.6 Å². The summed E-state index contributed by atoms with van der Waals surface area (Å²) in [7, 11) is 0. The molecule has 0 aliphatic carbocycles. The lowest BCUT2D eigenvalue weighted by molar-refractivity contribution is 0.276. The maximum atomic E-state index is 5.95. The highest BCUT2D eigenvalue weighted by Gasteiger charge is 2.26. The van der Waals surface area contributed by atoms with Gasteiger partial charge < -0.3 is 10.2 Å². The molecule has 2 atom stereocenters. The van der Waals surface area contributed by atoms with E-state index in [4.69, 9.17) is 10.2 Å². The molecule has 1 fully saturated rings. The lowest BCUT2D eigenvalue weighted by Crippen LogP contribution is -2.29. The Hall–Kier alpha value is -0.760. The van der Waals surface area contributed by atoms with Gasteiger partial charge in [-0.15, -0.1) is 21.5 Å².